The monoisotopic (exact) mass is 1730 g/mol. The number of hydrogen-bond donors (Lipinski definition) is 4. The molecule has 3 aliphatic heterocycles. The molecule has 18 rings (SSSR count). The maximum absolute atomic E-state index is 13.5. The van der Waals surface area contributed by atoms with Crippen molar-refractivity contribution in [1.29, 1.82) is 5.26 Å². The van der Waals surface area contributed by atoms with Crippen molar-refractivity contribution in [2.24, 2.45) is 0 Å². The number of carbonyl (C=O) groups excluding carboxylic acids is 2. The summed E-state index contributed by atoms with van der Waals surface area (Å²) in [4.78, 5) is 118. The van der Waals surface area contributed by atoms with E-state index in [1.165, 1.54) is 28.5 Å². The number of amides is 2. The molecule has 0 saturated heterocycles. The van der Waals surface area contributed by atoms with Crippen LogP contribution in [0.3, 0.4) is 0 Å². The predicted octanol–water partition coefficient (Wildman–Crippen LogP) is 17.0. The molecule has 31 nitrogen and oxygen atoms in total. The van der Waals surface area contributed by atoms with E-state index in [1.807, 2.05) is 208 Å². The van der Waals surface area contributed by atoms with Crippen LogP contribution in [0.25, 0.3) is 60.2 Å². The summed E-state index contributed by atoms with van der Waals surface area (Å²) in [6.45, 7) is 52.8. The van der Waals surface area contributed by atoms with Crippen molar-refractivity contribution in [1.82, 2.24) is 88.1 Å². The molecule has 2 amide bonds. The Morgan fingerprint density at radius 1 is 0.520 bits per heavy atom. The SMILES string of the molecule is CC(C)(C)OC(=O)N1CCc2cc(N)ccc2C1(C)C.CC(C)n1c(=O)c2cnc(Nc3ccc4c(c3)CCNC4(C)C)nc2n1-c1cccc(C2(C#N)CC2)n1.[C-]#[N+]C1(c2cccc(-n3c4nc(Nc5ccc6c(c5)CCN(C(=O)OC(C)(C)C)C6(C)C)ncc4c(=O)n3C(C)C)n2)CC1.[C-]#[N+]C1(c2cccc(-n3c4nc(SC)ncc4c(=O)n3C(C)C)n2)CC1. The molecular formula is C95H110N24O7S. The lowest BCUT2D eigenvalue weighted by Gasteiger charge is -2.44. The molecule has 32 heteroatoms. The largest absolute Gasteiger partial charge is 0.444 e. The molecule has 658 valence electrons. The van der Waals surface area contributed by atoms with Crippen molar-refractivity contribution in [2.45, 2.75) is 250 Å². The van der Waals surface area contributed by atoms with Crippen molar-refractivity contribution in [3.8, 4) is 23.5 Å². The third kappa shape index (κ3) is 17.2. The van der Waals surface area contributed by atoms with E-state index in [2.05, 4.69) is 83.7 Å². The number of hydrogen-bond acceptors (Lipinski definition) is 22. The van der Waals surface area contributed by atoms with Crippen LogP contribution in [0, 0.1) is 24.5 Å². The zero-order valence-corrected chi connectivity index (χ0v) is 76.4. The minimum Gasteiger partial charge on any atom is -0.444 e. The van der Waals surface area contributed by atoms with E-state index in [1.54, 1.807) is 56.5 Å². The molecule has 3 aliphatic carbocycles. The molecule has 0 spiro atoms. The maximum atomic E-state index is 13.5. The van der Waals surface area contributed by atoms with Gasteiger partial charge in [0.25, 0.3) is 27.8 Å². The van der Waals surface area contributed by atoms with E-state index >= 15 is 0 Å². The minimum absolute atomic E-state index is 0.0660. The smallest absolute Gasteiger partial charge is 0.411 e. The van der Waals surface area contributed by atoms with Crippen LogP contribution in [-0.2, 0) is 61.8 Å². The van der Waals surface area contributed by atoms with Gasteiger partial charge in [-0.05, 0) is 276 Å². The number of ether oxygens (including phenoxy) is 2. The number of thioether (sulfide) groups is 1. The first-order chi connectivity index (χ1) is 60.1. The zero-order valence-electron chi connectivity index (χ0n) is 75.6. The lowest BCUT2D eigenvalue weighted by Crippen LogP contribution is -2.51. The normalized spacial score (nSPS) is 16.8. The number of carbonyl (C=O) groups is 2. The number of anilines is 5. The Labute approximate surface area is 742 Å². The number of nitriles is 1. The van der Waals surface area contributed by atoms with Gasteiger partial charge < -0.3 is 40.8 Å². The maximum Gasteiger partial charge on any atom is 0.411 e. The Kier molecular flexibility index (Phi) is 23.3. The van der Waals surface area contributed by atoms with Crippen molar-refractivity contribution < 1.29 is 19.1 Å². The van der Waals surface area contributed by atoms with Gasteiger partial charge in [0.1, 0.15) is 38.7 Å². The Hall–Kier alpha value is -13.1. The summed E-state index contributed by atoms with van der Waals surface area (Å²) >= 11 is 1.43. The highest BCUT2D eigenvalue weighted by atomic mass is 32.2. The first kappa shape index (κ1) is 88.7. The molecule has 9 aromatic heterocycles. The Morgan fingerprint density at radius 2 is 0.906 bits per heavy atom. The van der Waals surface area contributed by atoms with Gasteiger partial charge in [-0.15, -0.1) is 0 Å². The van der Waals surface area contributed by atoms with Gasteiger partial charge in [0.2, 0.25) is 11.9 Å². The molecule has 0 atom stereocenters. The number of aromatic nitrogens is 15. The topological polar surface area (TPSA) is 350 Å². The van der Waals surface area contributed by atoms with Crippen LogP contribution in [0.15, 0.2) is 147 Å². The minimum atomic E-state index is -0.575. The van der Waals surface area contributed by atoms with Crippen molar-refractivity contribution in [3.63, 3.8) is 0 Å². The molecule has 0 unspecified atom stereocenters. The molecule has 6 aliphatic rings. The second kappa shape index (κ2) is 33.3. The third-order valence-electron chi connectivity index (χ3n) is 24.2. The van der Waals surface area contributed by atoms with E-state index < -0.39 is 33.2 Å². The van der Waals surface area contributed by atoms with Crippen LogP contribution in [0.2, 0.25) is 0 Å². The van der Waals surface area contributed by atoms with Crippen molar-refractivity contribution in [2.75, 3.05) is 42.3 Å². The zero-order chi connectivity index (χ0) is 91.2. The number of nitrogens with one attached hydrogen (secondary N) is 3. The van der Waals surface area contributed by atoms with Gasteiger partial charge in [0, 0.05) is 98.1 Å². The van der Waals surface area contributed by atoms with E-state index in [0.29, 0.717) is 92.8 Å². The first-order valence-electron chi connectivity index (χ1n) is 43.2. The Bertz CT molecular complexity index is 6670. The van der Waals surface area contributed by atoms with E-state index in [9.17, 15) is 29.2 Å². The fraction of sp³-hybridized carbons (Fsp3) is 0.442. The lowest BCUT2D eigenvalue weighted by atomic mass is 9.83. The molecule has 5 N–H and O–H groups in total. The quantitative estimate of drug-likeness (QED) is 0.0340. The van der Waals surface area contributed by atoms with Crippen LogP contribution in [0.5, 0.6) is 0 Å². The van der Waals surface area contributed by atoms with E-state index in [-0.39, 0.29) is 58.1 Å². The summed E-state index contributed by atoms with van der Waals surface area (Å²) in [5, 5.41) is 21.8. The molecule has 0 radical (unpaired) electrons. The number of benzene rings is 3. The number of nitrogens with zero attached hydrogens (tertiary/aromatic N) is 20. The Balaban J connectivity index is 0.000000136. The van der Waals surface area contributed by atoms with Crippen LogP contribution in [-0.4, -0.2) is 132 Å². The summed E-state index contributed by atoms with van der Waals surface area (Å²) in [6.07, 6.45) is 13.3. The van der Waals surface area contributed by atoms with E-state index in [4.69, 9.17) is 53.3 Å². The number of rotatable bonds is 14. The lowest BCUT2D eigenvalue weighted by molar-refractivity contribution is -0.00147. The van der Waals surface area contributed by atoms with Gasteiger partial charge >= 0.3 is 12.2 Å². The highest BCUT2D eigenvalue weighted by Gasteiger charge is 2.55. The highest BCUT2D eigenvalue weighted by Crippen LogP contribution is 2.51. The molecule has 12 heterocycles. The number of pyridine rings is 3. The number of fused-ring (bicyclic) bond motifs is 6. The van der Waals surface area contributed by atoms with E-state index in [0.717, 1.165) is 103 Å². The highest BCUT2D eigenvalue weighted by molar-refractivity contribution is 7.98. The summed E-state index contributed by atoms with van der Waals surface area (Å²) in [7, 11) is 0. The van der Waals surface area contributed by atoms with Crippen LogP contribution in [0.1, 0.15) is 232 Å². The van der Waals surface area contributed by atoms with Gasteiger partial charge in [-0.25, -0.2) is 85.7 Å². The predicted molar refractivity (Wildman–Crippen MR) is 492 cm³/mol. The van der Waals surface area contributed by atoms with Gasteiger partial charge in [0.05, 0.1) is 28.3 Å². The van der Waals surface area contributed by atoms with Gasteiger partial charge in [-0.1, -0.05) is 48.2 Å². The van der Waals surface area contributed by atoms with Gasteiger partial charge in [0.15, 0.2) is 39.6 Å². The third-order valence-corrected chi connectivity index (χ3v) is 24.8. The van der Waals surface area contributed by atoms with Crippen LogP contribution < -0.4 is 38.4 Å². The summed E-state index contributed by atoms with van der Waals surface area (Å²) in [6, 6.07) is 37.2. The second-order valence-electron chi connectivity index (χ2n) is 37.8. The standard InChI is InChI=1S/C33H38N8O3.C28H30N8O.C18H18N6OS.C16H24N2O2/c1-20(2)40-28(42)23-19-35-29(38-27(23)41(40)26-11-9-10-25(37-26)33(34-8)15-16-33)36-22-12-13-24-21(18-22)14-17-39(32(24,6)7)30(43)44-31(3,4)5;1-17(2)35-25(37)20-15-30-26(32-19-8-9-21-18(14-19)10-13-31-27(21,3)4)34-24(20)36(35)23-7-5-6-22(33-23)28(16-29)11-12-28;1-11(2)23-16(25)12-10-20-17(26-4)22-15(12)24(23)14-7-5-6-13(21-14)18(19-3)8-9-18;1-15(2,3)20-14(19)18-9-8-11-10-12(17)6-7-13(11)16(18,4)5/h9-13,18-20H,14-17H2,1-7H3,(H,35,36,38);5-9,14-15,17,31H,10-13H2,1-4H3,(H,30,32,34);5-7,10-11H,8-9H2,1-2,4H3;6-7,10H,8-9,17H2,1-5H3. The average Bonchev–Trinajstić information content (AvgIpc) is 1.64. The molecule has 12 aromatic rings. The molecule has 127 heavy (non-hydrogen) atoms. The second-order valence-corrected chi connectivity index (χ2v) is 38.6. The fourth-order valence-corrected chi connectivity index (χ4v) is 17.5. The molecule has 3 fully saturated rings. The molecular weight excluding hydrogens is 1620 g/mol. The molecule has 3 saturated carbocycles. The number of nitrogen functional groups attached to an aromatic ring is 1. The summed E-state index contributed by atoms with van der Waals surface area (Å²) in [5.41, 5.74) is 14.9. The summed E-state index contributed by atoms with van der Waals surface area (Å²) in [5.74, 6) is 2.45. The van der Waals surface area contributed by atoms with Crippen molar-refractivity contribution >= 4 is 86.0 Å². The fourth-order valence-electron chi connectivity index (χ4n) is 17.1. The Morgan fingerprint density at radius 3 is 1.30 bits per heavy atom. The molecule has 0 bridgehead atoms. The van der Waals surface area contributed by atoms with Gasteiger partial charge in [-0.2, -0.15) is 15.2 Å². The van der Waals surface area contributed by atoms with Gasteiger partial charge in [-0.3, -0.25) is 24.2 Å². The van der Waals surface area contributed by atoms with Crippen molar-refractivity contribution in [3.05, 3.63) is 232 Å². The summed E-state index contributed by atoms with van der Waals surface area (Å²) < 4.78 is 21.4. The number of nitrogens with two attached hydrogens (primary N) is 1. The molecule has 3 aromatic carbocycles. The average molecular weight is 1730 g/mol. The first-order valence-corrected chi connectivity index (χ1v) is 44.4. The van der Waals surface area contributed by atoms with Crippen LogP contribution in [0.4, 0.5) is 38.5 Å². The van der Waals surface area contributed by atoms with Crippen LogP contribution >= 0.6 is 11.8 Å².